The van der Waals surface area contributed by atoms with Crippen LogP contribution in [0.25, 0.3) is 0 Å². The Balaban J connectivity index is 1.77. The minimum absolute atomic E-state index is 0.0466. The summed E-state index contributed by atoms with van der Waals surface area (Å²) in [6.07, 6.45) is 6.11. The Morgan fingerprint density at radius 2 is 2.35 bits per heavy atom. The van der Waals surface area contributed by atoms with Crippen molar-refractivity contribution < 1.29 is 9.90 Å². The van der Waals surface area contributed by atoms with Gasteiger partial charge in [-0.25, -0.2) is 0 Å². The van der Waals surface area contributed by atoms with Crippen molar-refractivity contribution in [2.24, 2.45) is 17.3 Å². The maximum atomic E-state index is 11.2. The summed E-state index contributed by atoms with van der Waals surface area (Å²) >= 11 is 0. The minimum atomic E-state index is -0.0636. The number of hydrogen-bond donors (Lipinski definition) is 2. The van der Waals surface area contributed by atoms with E-state index in [0.717, 1.165) is 18.3 Å². The second-order valence-electron chi connectivity index (χ2n) is 5.89. The van der Waals surface area contributed by atoms with E-state index >= 15 is 0 Å². The molecule has 3 rings (SSSR count). The normalized spacial score (nSPS) is 29.2. The van der Waals surface area contributed by atoms with Gasteiger partial charge in [0.1, 0.15) is 0 Å². The van der Waals surface area contributed by atoms with E-state index in [2.05, 4.69) is 25.2 Å². The number of hydrogen-bond acceptors (Lipinski definition) is 2. The highest BCUT2D eigenvalue weighted by Gasteiger charge is 2.50. The van der Waals surface area contributed by atoms with Gasteiger partial charge >= 0.3 is 0 Å². The zero-order valence-corrected chi connectivity index (χ0v) is 10.8. The first-order valence-corrected chi connectivity index (χ1v) is 6.62. The van der Waals surface area contributed by atoms with Crippen molar-refractivity contribution in [2.75, 3.05) is 13.2 Å². The third-order valence-corrected chi connectivity index (χ3v) is 4.66. The van der Waals surface area contributed by atoms with Gasteiger partial charge in [0.05, 0.1) is 6.61 Å². The van der Waals surface area contributed by atoms with Crippen molar-refractivity contribution in [2.45, 2.75) is 39.5 Å². The molecule has 3 heteroatoms. The van der Waals surface area contributed by atoms with Gasteiger partial charge in [-0.2, -0.15) is 0 Å². The van der Waals surface area contributed by atoms with Crippen LogP contribution < -0.4 is 5.32 Å². The molecular formula is C14H23NO2. The zero-order chi connectivity index (χ0) is 12.5. The van der Waals surface area contributed by atoms with Gasteiger partial charge in [-0.05, 0) is 36.5 Å². The third-order valence-electron chi connectivity index (χ3n) is 4.66. The van der Waals surface area contributed by atoms with Gasteiger partial charge < -0.3 is 10.4 Å². The van der Waals surface area contributed by atoms with Crippen molar-refractivity contribution in [3.8, 4) is 0 Å². The number of rotatable bonds is 5. The van der Waals surface area contributed by atoms with Gasteiger partial charge in [0.15, 0.2) is 0 Å². The number of amides is 1. The Kier molecular flexibility index (Phi) is 3.57. The van der Waals surface area contributed by atoms with Gasteiger partial charge in [-0.15, -0.1) is 0 Å². The topological polar surface area (TPSA) is 49.3 Å². The van der Waals surface area contributed by atoms with Crippen LogP contribution in [0, 0.1) is 17.3 Å². The molecule has 0 aromatic heterocycles. The quantitative estimate of drug-likeness (QED) is 0.717. The fraction of sp³-hybridized carbons (Fsp3) is 0.786. The van der Waals surface area contributed by atoms with Crippen LogP contribution in [0.2, 0.25) is 0 Å². The summed E-state index contributed by atoms with van der Waals surface area (Å²) in [7, 11) is 0. The van der Waals surface area contributed by atoms with Gasteiger partial charge in [0, 0.05) is 13.0 Å². The zero-order valence-electron chi connectivity index (χ0n) is 10.8. The highest BCUT2D eigenvalue weighted by atomic mass is 16.3. The molecule has 0 spiro atoms. The molecule has 3 aliphatic rings. The van der Waals surface area contributed by atoms with E-state index < -0.39 is 0 Å². The molecule has 1 amide bonds. The van der Waals surface area contributed by atoms with Crippen LogP contribution in [0.4, 0.5) is 0 Å². The van der Waals surface area contributed by atoms with Crippen molar-refractivity contribution in [1.82, 2.24) is 5.32 Å². The van der Waals surface area contributed by atoms with Crippen molar-refractivity contribution in [3.63, 3.8) is 0 Å². The lowest BCUT2D eigenvalue weighted by molar-refractivity contribution is -0.121. The van der Waals surface area contributed by atoms with Crippen molar-refractivity contribution >= 4 is 5.91 Å². The first kappa shape index (κ1) is 12.6. The molecule has 2 bridgehead atoms. The van der Waals surface area contributed by atoms with Gasteiger partial charge in [0.25, 0.3) is 0 Å². The number of carbonyl (C=O) groups excluding carboxylic acids is 1. The highest BCUT2D eigenvalue weighted by Crippen LogP contribution is 2.59. The van der Waals surface area contributed by atoms with Crippen LogP contribution >= 0.6 is 0 Å². The average Bonchev–Trinajstić information content (AvgIpc) is 2.29. The highest BCUT2D eigenvalue weighted by molar-refractivity contribution is 5.75. The van der Waals surface area contributed by atoms with Crippen LogP contribution in [0.5, 0.6) is 0 Å². The molecule has 0 heterocycles. The molecule has 0 aromatic carbocycles. The summed E-state index contributed by atoms with van der Waals surface area (Å²) in [6.45, 7) is 5.38. The molecule has 0 aromatic rings. The van der Waals surface area contributed by atoms with Gasteiger partial charge in [0.2, 0.25) is 5.91 Å². The number of aliphatic hydroxyl groups excluding tert-OH is 1. The summed E-state index contributed by atoms with van der Waals surface area (Å²) in [6, 6.07) is 0. The van der Waals surface area contributed by atoms with Crippen LogP contribution in [-0.2, 0) is 4.79 Å². The number of allylic oxidation sites excluding steroid dienone is 1. The standard InChI is InChI=1S/C14H23NO2/c1-14(2)11-4-3-10(12(14)9-11)5-7-15-13(17)6-8-16/h3,11-12,16H,4-9H2,1-2H3,(H,15,17)/t11-,12-/m0/s1. The van der Waals surface area contributed by atoms with E-state index in [1.54, 1.807) is 0 Å². The van der Waals surface area contributed by atoms with E-state index in [9.17, 15) is 4.79 Å². The van der Waals surface area contributed by atoms with Crippen LogP contribution in [0.3, 0.4) is 0 Å². The Bertz CT molecular complexity index is 333. The lowest BCUT2D eigenvalue weighted by atomic mass is 9.48. The molecule has 0 radical (unpaired) electrons. The van der Waals surface area contributed by atoms with Gasteiger partial charge in [-0.1, -0.05) is 25.5 Å². The molecule has 17 heavy (non-hydrogen) atoms. The molecule has 3 nitrogen and oxygen atoms in total. The van der Waals surface area contributed by atoms with E-state index in [-0.39, 0.29) is 18.9 Å². The maximum absolute atomic E-state index is 11.2. The fourth-order valence-electron chi connectivity index (χ4n) is 3.29. The summed E-state index contributed by atoms with van der Waals surface area (Å²) in [5, 5.41) is 11.5. The Labute approximate surface area is 103 Å². The van der Waals surface area contributed by atoms with Crippen LogP contribution in [0.1, 0.15) is 39.5 Å². The van der Waals surface area contributed by atoms with E-state index in [0.29, 0.717) is 12.0 Å². The van der Waals surface area contributed by atoms with E-state index in [4.69, 9.17) is 5.11 Å². The van der Waals surface area contributed by atoms with Crippen molar-refractivity contribution in [1.29, 1.82) is 0 Å². The second kappa shape index (κ2) is 4.81. The summed E-state index contributed by atoms with van der Waals surface area (Å²) in [5.74, 6) is 1.56. The average molecular weight is 237 g/mol. The van der Waals surface area contributed by atoms with E-state index in [1.165, 1.54) is 18.4 Å². The fourth-order valence-corrected chi connectivity index (χ4v) is 3.29. The molecule has 2 atom stereocenters. The molecule has 0 saturated heterocycles. The van der Waals surface area contributed by atoms with E-state index in [1.807, 2.05) is 0 Å². The molecule has 0 aliphatic heterocycles. The molecule has 0 unspecified atom stereocenters. The Morgan fingerprint density at radius 3 is 2.94 bits per heavy atom. The number of aliphatic hydroxyl groups is 1. The van der Waals surface area contributed by atoms with Crippen LogP contribution in [-0.4, -0.2) is 24.2 Å². The van der Waals surface area contributed by atoms with Gasteiger partial charge in [-0.3, -0.25) is 4.79 Å². The lowest BCUT2D eigenvalue weighted by Gasteiger charge is -2.56. The second-order valence-corrected chi connectivity index (χ2v) is 5.89. The Hall–Kier alpha value is -0.830. The summed E-state index contributed by atoms with van der Waals surface area (Å²) in [4.78, 5) is 11.2. The molecule has 3 aliphatic carbocycles. The van der Waals surface area contributed by atoms with Crippen molar-refractivity contribution in [3.05, 3.63) is 11.6 Å². The molecule has 1 fully saturated rings. The lowest BCUT2D eigenvalue weighted by Crippen LogP contribution is -2.48. The first-order valence-electron chi connectivity index (χ1n) is 6.62. The van der Waals surface area contributed by atoms with Crippen LogP contribution in [0.15, 0.2) is 11.6 Å². The maximum Gasteiger partial charge on any atom is 0.222 e. The molecule has 2 N–H and O–H groups in total. The smallest absolute Gasteiger partial charge is 0.222 e. The third kappa shape index (κ3) is 2.39. The molecular weight excluding hydrogens is 214 g/mol. The molecule has 1 saturated carbocycles. The minimum Gasteiger partial charge on any atom is -0.396 e. The number of nitrogens with one attached hydrogen (secondary N) is 1. The Morgan fingerprint density at radius 1 is 1.59 bits per heavy atom. The summed E-state index contributed by atoms with van der Waals surface area (Å²) in [5.41, 5.74) is 2.00. The predicted molar refractivity (Wildman–Crippen MR) is 67.4 cm³/mol. The monoisotopic (exact) mass is 237 g/mol. The summed E-state index contributed by atoms with van der Waals surface area (Å²) < 4.78 is 0. The number of carbonyl (C=O) groups is 1. The SMILES string of the molecule is CC1(C)[C@H]2CC=C(CCNC(=O)CCO)[C@@H]1C2. The predicted octanol–water partition coefficient (Wildman–Crippen LogP) is 1.87. The first-order chi connectivity index (χ1) is 8.05. The largest absolute Gasteiger partial charge is 0.396 e. The molecule has 96 valence electrons. The number of fused-ring (bicyclic) bond motifs is 1.